The molecule has 4 N–H and O–H groups in total. The van der Waals surface area contributed by atoms with Crippen LogP contribution in [0.25, 0.3) is 0 Å². The van der Waals surface area contributed by atoms with E-state index in [0.29, 0.717) is 0 Å². The van der Waals surface area contributed by atoms with E-state index in [0.717, 1.165) is 23.9 Å². The van der Waals surface area contributed by atoms with Crippen molar-refractivity contribution in [2.45, 2.75) is 19.0 Å². The summed E-state index contributed by atoms with van der Waals surface area (Å²) in [6, 6.07) is 0. The normalized spacial score (nSPS) is 13.9. The van der Waals surface area contributed by atoms with Crippen LogP contribution in [0.15, 0.2) is 0 Å². The molecule has 3 nitrogen and oxygen atoms in total. The third-order valence-corrected chi connectivity index (χ3v) is 1.70. The molecule has 0 heterocycles. The van der Waals surface area contributed by atoms with Crippen molar-refractivity contribution in [2.24, 2.45) is 11.5 Å². The standard InChI is InChI=1S/C7H20N3.BrH/c1-10(2,3)7(9)5-4-6-8;/h7H,4-6,8-9H2,1-3H3;1H/q+1;/p-1. The molecule has 0 spiro atoms. The summed E-state index contributed by atoms with van der Waals surface area (Å²) in [5, 5.41) is 0. The van der Waals surface area contributed by atoms with E-state index in [1.165, 1.54) is 0 Å². The van der Waals surface area contributed by atoms with Crippen molar-refractivity contribution in [2.75, 3.05) is 27.7 Å². The molecular weight excluding hydrogens is 206 g/mol. The van der Waals surface area contributed by atoms with Crippen LogP contribution in [0, 0.1) is 0 Å². The van der Waals surface area contributed by atoms with Crippen LogP contribution < -0.4 is 28.4 Å². The van der Waals surface area contributed by atoms with Crippen molar-refractivity contribution in [1.29, 1.82) is 0 Å². The molecule has 4 heteroatoms. The predicted molar refractivity (Wildman–Crippen MR) is 44.3 cm³/mol. The molecule has 0 aromatic rings. The first-order chi connectivity index (χ1) is 4.48. The number of halogens is 1. The number of hydrogen-bond donors (Lipinski definition) is 2. The number of hydrogen-bond acceptors (Lipinski definition) is 2. The van der Waals surface area contributed by atoms with Crippen LogP contribution in [0.3, 0.4) is 0 Å². The lowest BCUT2D eigenvalue weighted by molar-refractivity contribution is -0.896. The van der Waals surface area contributed by atoms with Gasteiger partial charge in [0.15, 0.2) is 0 Å². The van der Waals surface area contributed by atoms with Crippen molar-refractivity contribution in [3.63, 3.8) is 0 Å². The Balaban J connectivity index is 0. The maximum atomic E-state index is 5.85. The smallest absolute Gasteiger partial charge is 0.139 e. The molecule has 0 aliphatic heterocycles. The van der Waals surface area contributed by atoms with E-state index in [1.807, 2.05) is 0 Å². The van der Waals surface area contributed by atoms with Gasteiger partial charge >= 0.3 is 0 Å². The van der Waals surface area contributed by atoms with Gasteiger partial charge in [-0.15, -0.1) is 0 Å². The summed E-state index contributed by atoms with van der Waals surface area (Å²) in [5.74, 6) is 0. The molecular formula is C7H20BrN3. The molecule has 1 unspecified atom stereocenters. The molecule has 0 aliphatic carbocycles. The van der Waals surface area contributed by atoms with Gasteiger partial charge in [-0.25, -0.2) is 0 Å². The lowest BCUT2D eigenvalue weighted by Gasteiger charge is -2.30. The van der Waals surface area contributed by atoms with E-state index in [1.54, 1.807) is 0 Å². The Bertz CT molecular complexity index is 90.2. The lowest BCUT2D eigenvalue weighted by Crippen LogP contribution is -3.00. The summed E-state index contributed by atoms with van der Waals surface area (Å²) >= 11 is 0. The Morgan fingerprint density at radius 3 is 2.00 bits per heavy atom. The van der Waals surface area contributed by atoms with E-state index in [2.05, 4.69) is 21.1 Å². The van der Waals surface area contributed by atoms with Crippen LogP contribution in [-0.4, -0.2) is 38.3 Å². The van der Waals surface area contributed by atoms with Gasteiger partial charge in [0.2, 0.25) is 0 Å². The highest BCUT2D eigenvalue weighted by Gasteiger charge is 2.17. The van der Waals surface area contributed by atoms with E-state index in [9.17, 15) is 0 Å². The minimum Gasteiger partial charge on any atom is -1.00 e. The van der Waals surface area contributed by atoms with Crippen LogP contribution in [-0.2, 0) is 0 Å². The highest BCUT2D eigenvalue weighted by molar-refractivity contribution is 4.48. The van der Waals surface area contributed by atoms with Gasteiger partial charge in [0.25, 0.3) is 0 Å². The fraction of sp³-hybridized carbons (Fsp3) is 1.00. The van der Waals surface area contributed by atoms with Gasteiger partial charge in [0.05, 0.1) is 21.1 Å². The quantitative estimate of drug-likeness (QED) is 0.390. The van der Waals surface area contributed by atoms with Gasteiger partial charge in [-0.2, -0.15) is 0 Å². The molecule has 70 valence electrons. The SMILES string of the molecule is C[N+](C)(C)C(N)CCCN.[Br-]. The van der Waals surface area contributed by atoms with Crippen LogP contribution in [0.5, 0.6) is 0 Å². The van der Waals surface area contributed by atoms with E-state index in [4.69, 9.17) is 11.5 Å². The fourth-order valence-electron chi connectivity index (χ4n) is 0.714. The maximum Gasteiger partial charge on any atom is 0.139 e. The average molecular weight is 226 g/mol. The first kappa shape index (κ1) is 13.9. The largest absolute Gasteiger partial charge is 1.00 e. The summed E-state index contributed by atoms with van der Waals surface area (Å²) in [5.41, 5.74) is 11.2. The van der Waals surface area contributed by atoms with E-state index < -0.39 is 0 Å². The van der Waals surface area contributed by atoms with Crippen molar-refractivity contribution in [1.82, 2.24) is 0 Å². The monoisotopic (exact) mass is 225 g/mol. The molecule has 0 saturated heterocycles. The summed E-state index contributed by atoms with van der Waals surface area (Å²) in [4.78, 5) is 0. The van der Waals surface area contributed by atoms with Gasteiger partial charge in [0.1, 0.15) is 6.17 Å². The molecule has 0 bridgehead atoms. The summed E-state index contributed by atoms with van der Waals surface area (Å²) in [6.07, 6.45) is 2.26. The number of rotatable bonds is 4. The molecule has 0 saturated carbocycles. The minimum atomic E-state index is 0. The second kappa shape index (κ2) is 5.94. The van der Waals surface area contributed by atoms with E-state index in [-0.39, 0.29) is 23.1 Å². The van der Waals surface area contributed by atoms with Crippen LogP contribution >= 0.6 is 0 Å². The first-order valence-electron chi connectivity index (χ1n) is 3.75. The molecule has 0 radical (unpaired) electrons. The molecule has 1 atom stereocenters. The van der Waals surface area contributed by atoms with Crippen molar-refractivity contribution >= 4 is 0 Å². The Morgan fingerprint density at radius 1 is 1.27 bits per heavy atom. The predicted octanol–water partition coefficient (Wildman–Crippen LogP) is -3.28. The maximum absolute atomic E-state index is 5.85. The molecule has 0 aromatic carbocycles. The van der Waals surface area contributed by atoms with Gasteiger partial charge in [0, 0.05) is 6.42 Å². The zero-order valence-corrected chi connectivity index (χ0v) is 9.26. The van der Waals surface area contributed by atoms with Gasteiger partial charge < -0.3 is 27.2 Å². The number of quaternary nitrogens is 1. The second-order valence-electron chi connectivity index (χ2n) is 3.61. The molecule has 0 aliphatic rings. The summed E-state index contributed by atoms with van der Waals surface area (Å²) < 4.78 is 0.819. The highest BCUT2D eigenvalue weighted by Crippen LogP contribution is 2.02. The van der Waals surface area contributed by atoms with Crippen molar-refractivity contribution in [3.8, 4) is 0 Å². The van der Waals surface area contributed by atoms with Crippen LogP contribution in [0.2, 0.25) is 0 Å². The zero-order valence-electron chi connectivity index (χ0n) is 7.68. The van der Waals surface area contributed by atoms with Crippen LogP contribution in [0.1, 0.15) is 12.8 Å². The molecule has 0 aromatic heterocycles. The van der Waals surface area contributed by atoms with Gasteiger partial charge in [-0.1, -0.05) is 0 Å². The fourth-order valence-corrected chi connectivity index (χ4v) is 0.714. The topological polar surface area (TPSA) is 52.0 Å². The Labute approximate surface area is 80.1 Å². The van der Waals surface area contributed by atoms with Gasteiger partial charge in [-0.05, 0) is 13.0 Å². The third kappa shape index (κ3) is 6.75. The summed E-state index contributed by atoms with van der Waals surface area (Å²) in [7, 11) is 6.30. The van der Waals surface area contributed by atoms with Crippen LogP contribution in [0.4, 0.5) is 0 Å². The Kier molecular flexibility index (Phi) is 7.52. The summed E-state index contributed by atoms with van der Waals surface area (Å²) in [6.45, 7) is 0.744. The number of nitrogens with zero attached hydrogens (tertiary/aromatic N) is 1. The molecule has 0 rings (SSSR count). The number of nitrogens with two attached hydrogens (primary N) is 2. The highest BCUT2D eigenvalue weighted by atomic mass is 79.9. The minimum absolute atomic E-state index is 0. The zero-order chi connectivity index (χ0) is 8.20. The van der Waals surface area contributed by atoms with Gasteiger partial charge in [-0.3, -0.25) is 5.73 Å². The first-order valence-corrected chi connectivity index (χ1v) is 3.75. The molecule has 0 amide bonds. The molecule has 0 fully saturated rings. The van der Waals surface area contributed by atoms with Crippen molar-refractivity contribution in [3.05, 3.63) is 0 Å². The second-order valence-corrected chi connectivity index (χ2v) is 3.61. The van der Waals surface area contributed by atoms with E-state index >= 15 is 0 Å². The average Bonchev–Trinajstić information content (AvgIpc) is 1.80. The Hall–Kier alpha value is 0.360. The third-order valence-electron chi connectivity index (χ3n) is 1.70. The Morgan fingerprint density at radius 2 is 1.73 bits per heavy atom. The lowest BCUT2D eigenvalue weighted by atomic mass is 10.2. The van der Waals surface area contributed by atoms with Crippen molar-refractivity contribution < 1.29 is 21.5 Å². The molecule has 11 heavy (non-hydrogen) atoms.